The predicted molar refractivity (Wildman–Crippen MR) is 165 cm³/mol. The first-order valence-electron chi connectivity index (χ1n) is 15.6. The summed E-state index contributed by atoms with van der Waals surface area (Å²) in [5, 5.41) is 16.8. The zero-order chi connectivity index (χ0) is 29.6. The van der Waals surface area contributed by atoms with E-state index in [2.05, 4.69) is 21.0 Å². The molecule has 5 atom stereocenters. The van der Waals surface area contributed by atoms with Crippen molar-refractivity contribution in [2.45, 2.75) is 61.9 Å². The van der Waals surface area contributed by atoms with Crippen molar-refractivity contribution in [1.82, 2.24) is 25.2 Å². The average molecular weight is 593 g/mol. The predicted octanol–water partition coefficient (Wildman–Crippen LogP) is 4.19. The highest BCUT2D eigenvalue weighted by molar-refractivity contribution is 6.03. The number of halogens is 1. The van der Waals surface area contributed by atoms with Gasteiger partial charge in [0.15, 0.2) is 5.65 Å². The molecule has 2 N–H and O–H groups in total. The number of ether oxygens (including phenoxy) is 2. The van der Waals surface area contributed by atoms with E-state index in [4.69, 9.17) is 30.8 Å². The van der Waals surface area contributed by atoms with Crippen LogP contribution in [0, 0.1) is 12.3 Å². The van der Waals surface area contributed by atoms with Gasteiger partial charge in [-0.05, 0) is 55.8 Å². The van der Waals surface area contributed by atoms with Crippen LogP contribution in [-0.2, 0) is 0 Å². The number of terminal acetylenes is 1. The molecule has 5 aliphatic heterocycles. The summed E-state index contributed by atoms with van der Waals surface area (Å²) >= 11 is 0. The summed E-state index contributed by atoms with van der Waals surface area (Å²) < 4.78 is 27.5. The van der Waals surface area contributed by atoms with Crippen LogP contribution >= 0.6 is 0 Å². The van der Waals surface area contributed by atoms with Crippen molar-refractivity contribution in [2.75, 3.05) is 37.7 Å². The van der Waals surface area contributed by atoms with Crippen molar-refractivity contribution < 1.29 is 19.0 Å². The molecular weight excluding hydrogens is 559 g/mol. The Morgan fingerprint density at radius 3 is 3.00 bits per heavy atom. The number of phenolic OH excluding ortho intramolecular Hbond substituents is 1. The van der Waals surface area contributed by atoms with E-state index < -0.39 is 6.17 Å². The second-order valence-electron chi connectivity index (χ2n) is 13.0. The van der Waals surface area contributed by atoms with E-state index in [1.54, 1.807) is 12.1 Å². The third kappa shape index (κ3) is 3.95. The highest BCUT2D eigenvalue weighted by atomic mass is 19.1. The number of piperazine rings is 1. The monoisotopic (exact) mass is 592 g/mol. The number of nitrogens with one attached hydrogen (secondary N) is 1. The van der Waals surface area contributed by atoms with Crippen LogP contribution in [0.25, 0.3) is 33.1 Å². The highest BCUT2D eigenvalue weighted by Gasteiger charge is 2.49. The van der Waals surface area contributed by atoms with E-state index in [0.717, 1.165) is 60.7 Å². The fourth-order valence-electron chi connectivity index (χ4n) is 8.48. The summed E-state index contributed by atoms with van der Waals surface area (Å²) in [6, 6.07) is 12.0. The largest absolute Gasteiger partial charge is 0.508 e. The second kappa shape index (κ2) is 9.65. The number of fused-ring (bicyclic) bond motifs is 7. The van der Waals surface area contributed by atoms with Crippen molar-refractivity contribution >= 4 is 27.6 Å². The molecule has 9 rings (SSSR count). The van der Waals surface area contributed by atoms with E-state index in [0.29, 0.717) is 66.5 Å². The minimum absolute atomic E-state index is 0.0937. The first-order valence-corrected chi connectivity index (χ1v) is 15.6. The quantitative estimate of drug-likeness (QED) is 0.338. The maximum atomic E-state index is 14.5. The van der Waals surface area contributed by atoms with Crippen LogP contribution in [-0.4, -0.2) is 87.6 Å². The lowest BCUT2D eigenvalue weighted by atomic mass is 9.95. The molecule has 4 aromatic rings. The Balaban J connectivity index is 1.21. The Bertz CT molecular complexity index is 1880. The van der Waals surface area contributed by atoms with Crippen LogP contribution in [0.3, 0.4) is 0 Å². The van der Waals surface area contributed by atoms with Crippen molar-refractivity contribution in [2.24, 2.45) is 0 Å². The fraction of sp³-hybridized carbons (Fsp3) is 0.441. The van der Waals surface area contributed by atoms with E-state index in [1.807, 2.05) is 24.3 Å². The van der Waals surface area contributed by atoms with Gasteiger partial charge >= 0.3 is 6.01 Å². The molecule has 4 saturated heterocycles. The van der Waals surface area contributed by atoms with Crippen LogP contribution in [0.2, 0.25) is 0 Å². The summed E-state index contributed by atoms with van der Waals surface area (Å²) in [6.45, 7) is 2.98. The minimum atomic E-state index is -0.841. The van der Waals surface area contributed by atoms with E-state index in [-0.39, 0.29) is 23.3 Å². The maximum absolute atomic E-state index is 14.5. The van der Waals surface area contributed by atoms with Crippen LogP contribution < -0.4 is 19.7 Å². The summed E-state index contributed by atoms with van der Waals surface area (Å²) in [5.74, 6) is 4.31. The zero-order valence-electron chi connectivity index (χ0n) is 24.3. The number of aromatic nitrogens is 3. The van der Waals surface area contributed by atoms with Crippen LogP contribution in [0.1, 0.15) is 37.7 Å². The fourth-order valence-corrected chi connectivity index (χ4v) is 8.48. The molecule has 7 heterocycles. The minimum Gasteiger partial charge on any atom is -0.508 e. The molecule has 2 aromatic heterocycles. The lowest BCUT2D eigenvalue weighted by molar-refractivity contribution is 0.107. The Kier molecular flexibility index (Phi) is 5.75. The van der Waals surface area contributed by atoms with Gasteiger partial charge in [-0.2, -0.15) is 9.97 Å². The Morgan fingerprint density at radius 2 is 2.09 bits per heavy atom. The number of rotatable bonds is 4. The molecule has 2 aromatic carbocycles. The molecular formula is C34H33FN6O3. The van der Waals surface area contributed by atoms with Crippen molar-refractivity contribution in [3.63, 3.8) is 0 Å². The molecule has 44 heavy (non-hydrogen) atoms. The van der Waals surface area contributed by atoms with Gasteiger partial charge in [-0.3, -0.25) is 4.90 Å². The Hall–Kier alpha value is -4.20. The van der Waals surface area contributed by atoms with E-state index >= 15 is 0 Å². The number of hydrogen-bond acceptors (Lipinski definition) is 9. The Labute approximate surface area is 254 Å². The molecule has 0 amide bonds. The lowest BCUT2D eigenvalue weighted by Crippen LogP contribution is -2.60. The SMILES string of the molecule is C#Cc1cccc2cc(O)cc(-c3cc4c5c(nc(OC[C@@]67CCCN6C[C@H](F)C7)nc5n3)N3C[C@H]5CC[C@H](N5)[C@@H]3CO4)c12. The maximum Gasteiger partial charge on any atom is 0.320 e. The van der Waals surface area contributed by atoms with Crippen LogP contribution in [0.5, 0.6) is 17.5 Å². The summed E-state index contributed by atoms with van der Waals surface area (Å²) in [5.41, 5.74) is 2.12. The summed E-state index contributed by atoms with van der Waals surface area (Å²) in [4.78, 5) is 19.5. The first-order chi connectivity index (χ1) is 21.5. The molecule has 224 valence electrons. The van der Waals surface area contributed by atoms with Gasteiger partial charge in [-0.1, -0.05) is 18.1 Å². The average Bonchev–Trinajstić information content (AvgIpc) is 3.66. The molecule has 9 nitrogen and oxygen atoms in total. The summed E-state index contributed by atoms with van der Waals surface area (Å²) in [6.07, 6.45) is 9.68. The molecule has 0 spiro atoms. The molecule has 0 saturated carbocycles. The molecule has 0 radical (unpaired) electrons. The molecule has 10 heteroatoms. The van der Waals surface area contributed by atoms with Crippen molar-refractivity contribution in [3.05, 3.63) is 42.0 Å². The van der Waals surface area contributed by atoms with Crippen LogP contribution in [0.4, 0.5) is 10.2 Å². The standard InChI is InChI=1S/C34H33FN6O3/c1-2-19-5-3-6-20-11-23(42)12-24(29(19)20)26-13-28-30-31(37-26)38-33(44-18-34-9-4-10-40(34)15-21(35)14-34)39-32(30)41-16-22-7-8-25(36-22)27(41)17-43-28/h1,3,5-6,11-13,21-22,25,27,36,42H,4,7-10,14-18H2/t21-,22-,25+,27+,34+/m1/s1. The topological polar surface area (TPSA) is 95.9 Å². The van der Waals surface area contributed by atoms with Crippen LogP contribution in [0.15, 0.2) is 36.4 Å². The van der Waals surface area contributed by atoms with E-state index in [9.17, 15) is 9.50 Å². The first kappa shape index (κ1) is 26.2. The number of phenols is 1. The smallest absolute Gasteiger partial charge is 0.320 e. The lowest BCUT2D eigenvalue weighted by Gasteiger charge is -2.40. The van der Waals surface area contributed by atoms with E-state index in [1.165, 1.54) is 0 Å². The molecule has 5 aliphatic rings. The number of nitrogens with zero attached hydrogens (tertiary/aromatic N) is 5. The van der Waals surface area contributed by atoms with Gasteiger partial charge in [-0.25, -0.2) is 9.37 Å². The van der Waals surface area contributed by atoms with Gasteiger partial charge in [0, 0.05) is 54.2 Å². The number of anilines is 1. The molecule has 0 unspecified atom stereocenters. The van der Waals surface area contributed by atoms with Gasteiger partial charge in [-0.15, -0.1) is 6.42 Å². The number of hydrogen-bond donors (Lipinski definition) is 2. The number of aromatic hydroxyl groups is 1. The van der Waals surface area contributed by atoms with Gasteiger partial charge in [0.05, 0.1) is 17.3 Å². The van der Waals surface area contributed by atoms with Gasteiger partial charge < -0.3 is 24.8 Å². The molecule has 2 bridgehead atoms. The number of pyridine rings is 1. The summed E-state index contributed by atoms with van der Waals surface area (Å²) in [7, 11) is 0. The Morgan fingerprint density at radius 1 is 1.16 bits per heavy atom. The number of alkyl halides is 1. The van der Waals surface area contributed by atoms with Gasteiger partial charge in [0.2, 0.25) is 0 Å². The van der Waals surface area contributed by atoms with Gasteiger partial charge in [0.25, 0.3) is 0 Å². The molecule has 4 fully saturated rings. The highest BCUT2D eigenvalue weighted by Crippen LogP contribution is 2.44. The third-order valence-corrected chi connectivity index (χ3v) is 10.5. The molecule has 0 aliphatic carbocycles. The zero-order valence-corrected chi connectivity index (χ0v) is 24.3. The third-order valence-electron chi connectivity index (χ3n) is 10.5. The number of benzene rings is 2. The van der Waals surface area contributed by atoms with Crippen molar-refractivity contribution in [3.8, 4) is 41.1 Å². The normalized spacial score (nSPS) is 28.9. The van der Waals surface area contributed by atoms with Gasteiger partial charge in [0.1, 0.15) is 42.1 Å². The second-order valence-corrected chi connectivity index (χ2v) is 13.0. The van der Waals surface area contributed by atoms with Crippen molar-refractivity contribution in [1.29, 1.82) is 0 Å².